The summed E-state index contributed by atoms with van der Waals surface area (Å²) in [4.78, 5) is 10.3. The number of fused-ring (bicyclic) bond motifs is 2. The zero-order chi connectivity index (χ0) is 11.8. The van der Waals surface area contributed by atoms with Gasteiger partial charge < -0.3 is 14.6 Å². The first-order valence-electron chi connectivity index (χ1n) is 5.50. The quantitative estimate of drug-likeness (QED) is 0.581. The maximum atomic E-state index is 8.93. The Morgan fingerprint density at radius 1 is 1.50 bits per heavy atom. The Bertz CT molecular complexity index is 280. The third kappa shape index (κ3) is 2.28. The van der Waals surface area contributed by atoms with Gasteiger partial charge in [-0.25, -0.2) is 4.89 Å². The predicted molar refractivity (Wildman–Crippen MR) is 55.2 cm³/mol. The fourth-order valence-corrected chi connectivity index (χ4v) is 2.11. The fraction of sp³-hybridized carbons (Fsp3) is 0.818. The average molecular weight is 230 g/mol. The maximum absolute atomic E-state index is 8.93. The number of hydrogen-bond acceptors (Lipinski definition) is 5. The highest BCUT2D eigenvalue weighted by molar-refractivity contribution is 5.03. The third-order valence-electron chi connectivity index (χ3n) is 2.82. The van der Waals surface area contributed by atoms with Crippen molar-refractivity contribution in [2.45, 2.75) is 51.0 Å². The molecule has 2 aliphatic rings. The highest BCUT2D eigenvalue weighted by Gasteiger charge is 2.49. The lowest BCUT2D eigenvalue weighted by molar-refractivity contribution is -0.577. The summed E-state index contributed by atoms with van der Waals surface area (Å²) < 4.78 is 11.2. The van der Waals surface area contributed by atoms with Gasteiger partial charge in [-0.1, -0.05) is 6.58 Å². The standard InChI is InChI=1S/C11H18O5/c1-7(2)10-9-6-8(4-5-12)13-11(3,14-9)16-15-10/h8-10,12H,1,4-6H2,2-3H3/t8-,9?,10+,11?/m0/s1. The summed E-state index contributed by atoms with van der Waals surface area (Å²) in [5, 5.41) is 8.93. The molecule has 4 atom stereocenters. The molecule has 16 heavy (non-hydrogen) atoms. The Labute approximate surface area is 94.9 Å². The van der Waals surface area contributed by atoms with E-state index in [1.165, 1.54) is 0 Å². The van der Waals surface area contributed by atoms with E-state index in [4.69, 9.17) is 24.4 Å². The van der Waals surface area contributed by atoms with E-state index in [2.05, 4.69) is 6.58 Å². The van der Waals surface area contributed by atoms with Gasteiger partial charge in [0.2, 0.25) is 0 Å². The van der Waals surface area contributed by atoms with Gasteiger partial charge in [0.15, 0.2) is 0 Å². The molecule has 2 heterocycles. The van der Waals surface area contributed by atoms with Crippen LogP contribution in [0.2, 0.25) is 0 Å². The van der Waals surface area contributed by atoms with Crippen LogP contribution in [0.25, 0.3) is 0 Å². The van der Waals surface area contributed by atoms with Crippen LogP contribution in [0.5, 0.6) is 0 Å². The smallest absolute Gasteiger partial charge is 0.309 e. The van der Waals surface area contributed by atoms with Crippen LogP contribution in [0.15, 0.2) is 12.2 Å². The second kappa shape index (κ2) is 4.43. The summed E-state index contributed by atoms with van der Waals surface area (Å²) in [6.45, 7) is 7.47. The lowest BCUT2D eigenvalue weighted by Crippen LogP contribution is -2.57. The SMILES string of the molecule is C=C(C)[C@H]1OOC2(C)OC1C[C@H](CCO)O2. The van der Waals surface area contributed by atoms with E-state index in [0.717, 1.165) is 5.57 Å². The molecule has 2 saturated heterocycles. The molecule has 2 rings (SSSR count). The van der Waals surface area contributed by atoms with Crippen molar-refractivity contribution in [3.8, 4) is 0 Å². The van der Waals surface area contributed by atoms with E-state index in [1.54, 1.807) is 6.92 Å². The zero-order valence-corrected chi connectivity index (χ0v) is 9.64. The molecule has 2 bridgehead atoms. The molecule has 2 fully saturated rings. The van der Waals surface area contributed by atoms with E-state index in [1.807, 2.05) is 6.92 Å². The van der Waals surface area contributed by atoms with Gasteiger partial charge in [-0.3, -0.25) is 0 Å². The van der Waals surface area contributed by atoms with Crippen LogP contribution >= 0.6 is 0 Å². The van der Waals surface area contributed by atoms with E-state index >= 15 is 0 Å². The molecule has 0 spiro atoms. The van der Waals surface area contributed by atoms with Crippen LogP contribution in [-0.2, 0) is 19.2 Å². The largest absolute Gasteiger partial charge is 0.396 e. The normalized spacial score (nSPS) is 43.1. The number of hydrogen-bond donors (Lipinski definition) is 1. The van der Waals surface area contributed by atoms with Crippen molar-refractivity contribution in [3.63, 3.8) is 0 Å². The molecule has 2 unspecified atom stereocenters. The van der Waals surface area contributed by atoms with Gasteiger partial charge in [0.05, 0.1) is 12.2 Å². The first-order valence-corrected chi connectivity index (χ1v) is 5.50. The lowest BCUT2D eigenvalue weighted by atomic mass is 9.98. The molecule has 5 nitrogen and oxygen atoms in total. The number of aliphatic hydroxyl groups is 1. The molecule has 2 aliphatic heterocycles. The Morgan fingerprint density at radius 2 is 2.25 bits per heavy atom. The van der Waals surface area contributed by atoms with Crippen molar-refractivity contribution in [3.05, 3.63) is 12.2 Å². The van der Waals surface area contributed by atoms with E-state index in [-0.39, 0.29) is 24.9 Å². The van der Waals surface area contributed by atoms with Crippen LogP contribution in [0, 0.1) is 0 Å². The summed E-state index contributed by atoms with van der Waals surface area (Å²) >= 11 is 0. The minimum absolute atomic E-state index is 0.0699. The lowest BCUT2D eigenvalue weighted by Gasteiger charge is -2.47. The van der Waals surface area contributed by atoms with Crippen LogP contribution in [-0.4, -0.2) is 36.0 Å². The van der Waals surface area contributed by atoms with E-state index in [9.17, 15) is 0 Å². The third-order valence-corrected chi connectivity index (χ3v) is 2.82. The molecular weight excluding hydrogens is 212 g/mol. The average Bonchev–Trinajstić information content (AvgIpc) is 2.15. The second-order valence-electron chi connectivity index (χ2n) is 4.45. The summed E-state index contributed by atoms with van der Waals surface area (Å²) in [5.41, 5.74) is 0.858. The second-order valence-corrected chi connectivity index (χ2v) is 4.45. The van der Waals surface area contributed by atoms with Crippen LogP contribution in [0.1, 0.15) is 26.7 Å². The van der Waals surface area contributed by atoms with Crippen LogP contribution in [0.4, 0.5) is 0 Å². The monoisotopic (exact) mass is 230 g/mol. The molecule has 0 amide bonds. The van der Waals surface area contributed by atoms with Gasteiger partial charge in [0.1, 0.15) is 6.10 Å². The highest BCUT2D eigenvalue weighted by Crippen LogP contribution is 2.37. The van der Waals surface area contributed by atoms with Crippen LogP contribution in [0.3, 0.4) is 0 Å². The molecule has 0 aliphatic carbocycles. The van der Waals surface area contributed by atoms with Crippen molar-refractivity contribution < 1.29 is 24.4 Å². The zero-order valence-electron chi connectivity index (χ0n) is 9.64. The van der Waals surface area contributed by atoms with Gasteiger partial charge in [-0.05, 0) is 18.9 Å². The summed E-state index contributed by atoms with van der Waals surface area (Å²) in [7, 11) is 0. The van der Waals surface area contributed by atoms with Gasteiger partial charge in [0, 0.05) is 20.0 Å². The minimum atomic E-state index is -1.16. The predicted octanol–water partition coefficient (Wildman–Crippen LogP) is 1.12. The number of aliphatic hydroxyl groups excluding tert-OH is 1. The Hall–Kier alpha value is -0.460. The molecule has 1 N–H and O–H groups in total. The Morgan fingerprint density at radius 3 is 2.88 bits per heavy atom. The first kappa shape index (κ1) is 12.0. The van der Waals surface area contributed by atoms with Crippen LogP contribution < -0.4 is 0 Å². The van der Waals surface area contributed by atoms with Gasteiger partial charge in [-0.2, -0.15) is 4.89 Å². The van der Waals surface area contributed by atoms with Gasteiger partial charge in [0.25, 0.3) is 0 Å². The Kier molecular flexibility index (Phi) is 3.32. The molecule has 0 radical (unpaired) electrons. The van der Waals surface area contributed by atoms with Crippen molar-refractivity contribution in [2.75, 3.05) is 6.61 Å². The maximum Gasteiger partial charge on any atom is 0.309 e. The summed E-state index contributed by atoms with van der Waals surface area (Å²) in [6.07, 6.45) is 0.790. The molecule has 0 aromatic carbocycles. The van der Waals surface area contributed by atoms with Gasteiger partial charge >= 0.3 is 5.97 Å². The molecule has 0 aromatic rings. The van der Waals surface area contributed by atoms with Crippen molar-refractivity contribution in [1.82, 2.24) is 0 Å². The van der Waals surface area contributed by atoms with E-state index in [0.29, 0.717) is 12.8 Å². The number of ether oxygens (including phenoxy) is 2. The van der Waals surface area contributed by atoms with Crippen molar-refractivity contribution in [1.29, 1.82) is 0 Å². The molecule has 92 valence electrons. The first-order chi connectivity index (χ1) is 7.54. The molecule has 0 saturated carbocycles. The Balaban J connectivity index is 2.08. The molecule has 0 aromatic heterocycles. The highest BCUT2D eigenvalue weighted by atomic mass is 17.3. The number of rotatable bonds is 3. The van der Waals surface area contributed by atoms with E-state index < -0.39 is 5.97 Å². The van der Waals surface area contributed by atoms with Gasteiger partial charge in [-0.15, -0.1) is 0 Å². The van der Waals surface area contributed by atoms with Crippen molar-refractivity contribution >= 4 is 0 Å². The summed E-state index contributed by atoms with van der Waals surface area (Å²) in [5.74, 6) is -1.16. The van der Waals surface area contributed by atoms with Crippen molar-refractivity contribution in [2.24, 2.45) is 0 Å². The molecular formula is C11H18O5. The molecule has 5 heteroatoms. The topological polar surface area (TPSA) is 57.2 Å². The fourth-order valence-electron chi connectivity index (χ4n) is 2.11. The minimum Gasteiger partial charge on any atom is -0.396 e. The summed E-state index contributed by atoms with van der Waals surface area (Å²) in [6, 6.07) is 0.